The Balaban J connectivity index is 1.13. The highest BCUT2D eigenvalue weighted by Gasteiger charge is 2.31. The first-order valence-corrected chi connectivity index (χ1v) is 11.9. The third-order valence-corrected chi connectivity index (χ3v) is 7.32. The molecule has 0 bridgehead atoms. The van der Waals surface area contributed by atoms with E-state index in [1.165, 1.54) is 11.3 Å². The van der Waals surface area contributed by atoms with Gasteiger partial charge in [-0.3, -0.25) is 9.69 Å². The van der Waals surface area contributed by atoms with Crippen LogP contribution in [0.3, 0.4) is 0 Å². The van der Waals surface area contributed by atoms with E-state index in [0.717, 1.165) is 51.0 Å². The first-order chi connectivity index (χ1) is 15.7. The molecule has 3 saturated heterocycles. The smallest absolute Gasteiger partial charge is 0.254 e. The third-order valence-electron chi connectivity index (χ3n) is 7.32. The number of hydrogen-bond acceptors (Lipinski definition) is 4. The summed E-state index contributed by atoms with van der Waals surface area (Å²) in [6, 6.07) is 15.8. The number of ether oxygens (including phenoxy) is 1. The molecular weight excluding hydrogens is 405 g/mol. The molecular formula is C26H32FN3O2. The van der Waals surface area contributed by atoms with E-state index in [1.54, 1.807) is 12.1 Å². The number of carbonyl (C=O) groups is 1. The van der Waals surface area contributed by atoms with E-state index in [1.807, 2.05) is 29.2 Å². The summed E-state index contributed by atoms with van der Waals surface area (Å²) in [7, 11) is 0. The summed E-state index contributed by atoms with van der Waals surface area (Å²) in [5, 5.41) is 0. The van der Waals surface area contributed by atoms with Crippen molar-refractivity contribution in [3.05, 3.63) is 65.5 Å². The minimum Gasteiger partial charge on any atom is -0.378 e. The van der Waals surface area contributed by atoms with Crippen molar-refractivity contribution in [3.63, 3.8) is 0 Å². The number of halogens is 1. The summed E-state index contributed by atoms with van der Waals surface area (Å²) in [6.45, 7) is 6.89. The first kappa shape index (κ1) is 21.4. The van der Waals surface area contributed by atoms with Gasteiger partial charge in [0.1, 0.15) is 5.82 Å². The van der Waals surface area contributed by atoms with E-state index in [0.29, 0.717) is 38.3 Å². The second-order valence-electron chi connectivity index (χ2n) is 9.20. The Bertz CT molecular complexity index is 904. The van der Waals surface area contributed by atoms with Gasteiger partial charge in [-0.15, -0.1) is 0 Å². The Morgan fingerprint density at radius 1 is 0.844 bits per heavy atom. The SMILES string of the molecule is O=C(c1ccc(N2CCC(N3CCC(c4ccc(F)cc4)C3)CC2)cc1)N1CCOCC1. The lowest BCUT2D eigenvalue weighted by molar-refractivity contribution is 0.0303. The molecule has 5 rings (SSSR count). The summed E-state index contributed by atoms with van der Waals surface area (Å²) in [4.78, 5) is 19.6. The Kier molecular flexibility index (Phi) is 6.42. The van der Waals surface area contributed by atoms with Gasteiger partial charge in [-0.1, -0.05) is 12.1 Å². The molecule has 0 spiro atoms. The molecule has 0 radical (unpaired) electrons. The van der Waals surface area contributed by atoms with Crippen molar-refractivity contribution in [1.82, 2.24) is 9.80 Å². The average Bonchev–Trinajstić information content (AvgIpc) is 3.35. The number of piperidine rings is 1. The summed E-state index contributed by atoms with van der Waals surface area (Å²) in [5.41, 5.74) is 3.22. The summed E-state index contributed by atoms with van der Waals surface area (Å²) < 4.78 is 18.6. The van der Waals surface area contributed by atoms with Gasteiger partial charge in [0.05, 0.1) is 13.2 Å². The number of nitrogens with zero attached hydrogens (tertiary/aromatic N) is 3. The second-order valence-corrected chi connectivity index (χ2v) is 9.20. The second kappa shape index (κ2) is 9.59. The van der Waals surface area contributed by atoms with Crippen LogP contribution >= 0.6 is 0 Å². The number of likely N-dealkylation sites (tertiary alicyclic amines) is 1. The monoisotopic (exact) mass is 437 g/mol. The molecule has 0 saturated carbocycles. The Morgan fingerprint density at radius 3 is 2.22 bits per heavy atom. The van der Waals surface area contributed by atoms with Gasteiger partial charge in [0.2, 0.25) is 0 Å². The van der Waals surface area contributed by atoms with Crippen molar-refractivity contribution in [2.75, 3.05) is 57.4 Å². The largest absolute Gasteiger partial charge is 0.378 e. The van der Waals surface area contributed by atoms with Gasteiger partial charge >= 0.3 is 0 Å². The molecule has 1 amide bonds. The minimum atomic E-state index is -0.158. The lowest BCUT2D eigenvalue weighted by Gasteiger charge is -2.38. The van der Waals surface area contributed by atoms with Crippen molar-refractivity contribution in [2.45, 2.75) is 31.2 Å². The van der Waals surface area contributed by atoms with E-state index < -0.39 is 0 Å². The van der Waals surface area contributed by atoms with Crippen molar-refractivity contribution >= 4 is 11.6 Å². The molecule has 0 aliphatic carbocycles. The zero-order valence-electron chi connectivity index (χ0n) is 18.6. The van der Waals surface area contributed by atoms with Crippen LogP contribution < -0.4 is 4.90 Å². The van der Waals surface area contributed by atoms with Crippen LogP contribution in [-0.4, -0.2) is 74.2 Å². The average molecular weight is 438 g/mol. The molecule has 2 aromatic rings. The van der Waals surface area contributed by atoms with Crippen LogP contribution in [0.2, 0.25) is 0 Å². The molecule has 3 aliphatic rings. The molecule has 3 fully saturated rings. The number of benzene rings is 2. The lowest BCUT2D eigenvalue weighted by atomic mass is 9.98. The Morgan fingerprint density at radius 2 is 1.53 bits per heavy atom. The number of hydrogen-bond donors (Lipinski definition) is 0. The van der Waals surface area contributed by atoms with Gasteiger partial charge < -0.3 is 14.5 Å². The van der Waals surface area contributed by atoms with Crippen molar-refractivity contribution in [3.8, 4) is 0 Å². The van der Waals surface area contributed by atoms with Gasteiger partial charge in [0.15, 0.2) is 0 Å². The number of morpholine rings is 1. The molecule has 0 N–H and O–H groups in total. The fraction of sp³-hybridized carbons (Fsp3) is 0.500. The maximum atomic E-state index is 13.2. The molecule has 5 nitrogen and oxygen atoms in total. The molecule has 32 heavy (non-hydrogen) atoms. The summed E-state index contributed by atoms with van der Waals surface area (Å²) in [5.74, 6) is 0.461. The van der Waals surface area contributed by atoms with E-state index >= 15 is 0 Å². The molecule has 3 aliphatic heterocycles. The highest BCUT2D eigenvalue weighted by Crippen LogP contribution is 2.32. The van der Waals surface area contributed by atoms with Crippen LogP contribution in [-0.2, 0) is 4.74 Å². The summed E-state index contributed by atoms with van der Waals surface area (Å²) in [6.07, 6.45) is 3.47. The quantitative estimate of drug-likeness (QED) is 0.730. The molecule has 3 heterocycles. The maximum Gasteiger partial charge on any atom is 0.254 e. The number of amides is 1. The molecule has 6 heteroatoms. The van der Waals surface area contributed by atoms with Crippen LogP contribution in [0.5, 0.6) is 0 Å². The normalized spacial score (nSPS) is 23.0. The van der Waals surface area contributed by atoms with Gasteiger partial charge in [-0.2, -0.15) is 0 Å². The highest BCUT2D eigenvalue weighted by molar-refractivity contribution is 5.94. The zero-order chi connectivity index (χ0) is 21.9. The third kappa shape index (κ3) is 4.66. The highest BCUT2D eigenvalue weighted by atomic mass is 19.1. The first-order valence-electron chi connectivity index (χ1n) is 11.9. The van der Waals surface area contributed by atoms with Crippen LogP contribution in [0.1, 0.15) is 41.1 Å². The predicted molar refractivity (Wildman–Crippen MR) is 124 cm³/mol. The Labute approximate surface area is 189 Å². The number of carbonyl (C=O) groups excluding carboxylic acids is 1. The standard InChI is InChI=1S/C26H32FN3O2/c27-23-5-1-20(2-6-23)22-9-12-30(19-22)25-10-13-28(14-11-25)24-7-3-21(4-8-24)26(31)29-15-17-32-18-16-29/h1-8,22,25H,9-19H2. The van der Waals surface area contributed by atoms with Gasteiger partial charge in [0.25, 0.3) is 5.91 Å². The van der Waals surface area contributed by atoms with Crippen molar-refractivity contribution in [1.29, 1.82) is 0 Å². The molecule has 0 aromatic heterocycles. The topological polar surface area (TPSA) is 36.0 Å². The number of rotatable bonds is 4. The van der Waals surface area contributed by atoms with Crippen LogP contribution in [0.25, 0.3) is 0 Å². The number of anilines is 1. The van der Waals surface area contributed by atoms with Crippen LogP contribution in [0.4, 0.5) is 10.1 Å². The van der Waals surface area contributed by atoms with Crippen molar-refractivity contribution in [2.24, 2.45) is 0 Å². The minimum absolute atomic E-state index is 0.100. The summed E-state index contributed by atoms with van der Waals surface area (Å²) >= 11 is 0. The fourth-order valence-corrected chi connectivity index (χ4v) is 5.38. The van der Waals surface area contributed by atoms with E-state index in [4.69, 9.17) is 4.74 Å². The lowest BCUT2D eigenvalue weighted by Crippen LogP contribution is -2.44. The van der Waals surface area contributed by atoms with Gasteiger partial charge in [-0.05, 0) is 73.7 Å². The molecule has 2 aromatic carbocycles. The van der Waals surface area contributed by atoms with E-state index in [2.05, 4.69) is 21.9 Å². The predicted octanol–water partition coefficient (Wildman–Crippen LogP) is 3.76. The maximum absolute atomic E-state index is 13.2. The van der Waals surface area contributed by atoms with Crippen molar-refractivity contribution < 1.29 is 13.9 Å². The molecule has 1 unspecified atom stereocenters. The molecule has 170 valence electrons. The molecule has 1 atom stereocenters. The van der Waals surface area contributed by atoms with Crippen LogP contribution in [0.15, 0.2) is 48.5 Å². The van der Waals surface area contributed by atoms with Gasteiger partial charge in [-0.25, -0.2) is 4.39 Å². The zero-order valence-corrected chi connectivity index (χ0v) is 18.6. The van der Waals surface area contributed by atoms with Gasteiger partial charge in [0, 0.05) is 50.0 Å². The van der Waals surface area contributed by atoms with E-state index in [9.17, 15) is 9.18 Å². The fourth-order valence-electron chi connectivity index (χ4n) is 5.38. The van der Waals surface area contributed by atoms with E-state index in [-0.39, 0.29) is 11.7 Å². The van der Waals surface area contributed by atoms with Crippen LogP contribution in [0, 0.1) is 5.82 Å². The Hall–Kier alpha value is -2.44.